The van der Waals surface area contributed by atoms with Crippen LogP contribution in [0.5, 0.6) is 0 Å². The van der Waals surface area contributed by atoms with E-state index in [1.807, 2.05) is 6.92 Å². The Morgan fingerprint density at radius 1 is 1.18 bits per heavy atom. The van der Waals surface area contributed by atoms with Crippen LogP contribution >= 0.6 is 0 Å². The minimum absolute atomic E-state index is 0.0913. The maximum absolute atomic E-state index is 14.7. The summed E-state index contributed by atoms with van der Waals surface area (Å²) in [7, 11) is 1.57. The molecule has 1 atom stereocenters. The van der Waals surface area contributed by atoms with Gasteiger partial charge in [-0.25, -0.2) is 4.39 Å². The molecule has 0 spiro atoms. The van der Waals surface area contributed by atoms with Crippen molar-refractivity contribution in [2.75, 3.05) is 0 Å². The lowest BCUT2D eigenvalue weighted by Gasteiger charge is -2.20. The molecule has 4 rings (SSSR count). The highest BCUT2D eigenvalue weighted by molar-refractivity contribution is 5.84. The van der Waals surface area contributed by atoms with Crippen molar-refractivity contribution in [2.45, 2.75) is 50.7 Å². The van der Waals surface area contributed by atoms with E-state index in [2.05, 4.69) is 6.58 Å². The lowest BCUT2D eigenvalue weighted by atomic mass is 9.88. The van der Waals surface area contributed by atoms with Gasteiger partial charge in [0.2, 0.25) is 0 Å². The molecule has 8 heteroatoms. The molecule has 1 saturated carbocycles. The molecule has 1 aromatic carbocycles. The number of hydrogen-bond acceptors (Lipinski definition) is 2. The van der Waals surface area contributed by atoms with Crippen LogP contribution in [0.3, 0.4) is 0 Å². The van der Waals surface area contributed by atoms with Gasteiger partial charge in [0, 0.05) is 42.4 Å². The van der Waals surface area contributed by atoms with Gasteiger partial charge in [0.25, 0.3) is 11.1 Å². The topological polar surface area (TPSA) is 44.0 Å². The van der Waals surface area contributed by atoms with Gasteiger partial charge in [0.05, 0.1) is 10.9 Å². The van der Waals surface area contributed by atoms with Crippen LogP contribution in [0.1, 0.15) is 49.3 Å². The highest BCUT2D eigenvalue weighted by atomic mass is 19.4. The van der Waals surface area contributed by atoms with Crippen LogP contribution in [0.4, 0.5) is 17.6 Å². The fraction of sp³-hybridized carbons (Fsp3) is 0.360. The van der Waals surface area contributed by atoms with Crippen molar-refractivity contribution in [3.05, 3.63) is 92.0 Å². The summed E-state index contributed by atoms with van der Waals surface area (Å²) in [4.78, 5) is 25.3. The van der Waals surface area contributed by atoms with Gasteiger partial charge >= 0.3 is 6.18 Å². The second-order valence-electron chi connectivity index (χ2n) is 9.14. The van der Waals surface area contributed by atoms with Gasteiger partial charge in [0.1, 0.15) is 5.82 Å². The van der Waals surface area contributed by atoms with E-state index in [4.69, 9.17) is 0 Å². The summed E-state index contributed by atoms with van der Waals surface area (Å²) >= 11 is 0. The molecular weight excluding hydrogens is 436 g/mol. The molecule has 0 bridgehead atoms. The predicted molar refractivity (Wildman–Crippen MR) is 119 cm³/mol. The summed E-state index contributed by atoms with van der Waals surface area (Å²) in [5, 5.41) is 0.856. The molecule has 1 aliphatic rings. The molecule has 2 aromatic heterocycles. The molecule has 1 fully saturated rings. The van der Waals surface area contributed by atoms with Crippen LogP contribution in [0.15, 0.2) is 58.4 Å². The second kappa shape index (κ2) is 7.71. The number of rotatable bonds is 5. The Balaban J connectivity index is 1.76. The number of halogens is 4. The Kier molecular flexibility index (Phi) is 5.38. The molecular formula is C25H24F4N2O2. The molecule has 0 amide bonds. The Bertz CT molecular complexity index is 1390. The summed E-state index contributed by atoms with van der Waals surface area (Å²) in [6.45, 7) is 7.59. The zero-order chi connectivity index (χ0) is 24.3. The first kappa shape index (κ1) is 23.0. The summed E-state index contributed by atoms with van der Waals surface area (Å²) < 4.78 is 57.1. The largest absolute Gasteiger partial charge is 0.419 e. The van der Waals surface area contributed by atoms with Gasteiger partial charge in [-0.05, 0) is 43.4 Å². The second-order valence-corrected chi connectivity index (χ2v) is 9.14. The molecule has 3 aromatic rings. The molecule has 0 radical (unpaired) electrons. The standard InChI is InChI=1S/C25H24F4N2O2/c1-14(15(2)17-6-5-7-20(22(17)26)25(27,28)29)10-16-12-30(4)23(33)18-11-21(32)31(13-19(16)18)24(3)8-9-24/h5-7,11-13,15H,1,8-10H2,2-4H3/t15-/m0/s1. The number of nitrogens with zero attached hydrogens (tertiary/aromatic N) is 2. The van der Waals surface area contributed by atoms with Crippen LogP contribution in [0, 0.1) is 5.82 Å². The molecule has 2 heterocycles. The number of fused-ring (bicyclic) bond motifs is 1. The number of hydrogen-bond donors (Lipinski definition) is 0. The zero-order valence-corrected chi connectivity index (χ0v) is 18.6. The first-order valence-electron chi connectivity index (χ1n) is 10.6. The lowest BCUT2D eigenvalue weighted by Crippen LogP contribution is -2.29. The third kappa shape index (κ3) is 4.03. The highest BCUT2D eigenvalue weighted by Gasteiger charge is 2.40. The van der Waals surface area contributed by atoms with Crippen molar-refractivity contribution in [1.82, 2.24) is 9.13 Å². The fourth-order valence-corrected chi connectivity index (χ4v) is 4.22. The van der Waals surface area contributed by atoms with Gasteiger partial charge < -0.3 is 9.13 Å². The normalized spacial score (nSPS) is 16.1. The molecule has 0 saturated heterocycles. The van der Waals surface area contributed by atoms with Crippen LogP contribution < -0.4 is 11.1 Å². The van der Waals surface area contributed by atoms with Gasteiger partial charge in [-0.15, -0.1) is 0 Å². The molecule has 0 unspecified atom stereocenters. The van der Waals surface area contributed by atoms with E-state index in [0.29, 0.717) is 22.6 Å². The third-order valence-electron chi connectivity index (χ3n) is 6.69. The average Bonchev–Trinajstić information content (AvgIpc) is 3.48. The fourth-order valence-electron chi connectivity index (χ4n) is 4.22. The molecule has 1 aliphatic carbocycles. The molecule has 174 valence electrons. The van der Waals surface area contributed by atoms with Gasteiger partial charge in [-0.2, -0.15) is 13.2 Å². The molecule has 0 aliphatic heterocycles. The maximum Gasteiger partial charge on any atom is 0.419 e. The van der Waals surface area contributed by atoms with E-state index < -0.39 is 23.5 Å². The zero-order valence-electron chi connectivity index (χ0n) is 18.6. The lowest BCUT2D eigenvalue weighted by molar-refractivity contribution is -0.140. The van der Waals surface area contributed by atoms with Gasteiger partial charge in [0.15, 0.2) is 0 Å². The Morgan fingerprint density at radius 2 is 1.85 bits per heavy atom. The number of allylic oxidation sites excluding steroid dienone is 1. The molecule has 0 N–H and O–H groups in total. The van der Waals surface area contributed by atoms with Crippen molar-refractivity contribution >= 4 is 10.8 Å². The monoisotopic (exact) mass is 460 g/mol. The van der Waals surface area contributed by atoms with Crippen LogP contribution in [-0.4, -0.2) is 9.13 Å². The van der Waals surface area contributed by atoms with E-state index in [1.54, 1.807) is 30.9 Å². The van der Waals surface area contributed by atoms with Crippen LogP contribution in [-0.2, 0) is 25.2 Å². The van der Waals surface area contributed by atoms with Crippen molar-refractivity contribution < 1.29 is 17.6 Å². The maximum atomic E-state index is 14.7. The number of aryl methyl sites for hydroxylation is 1. The minimum atomic E-state index is -4.79. The van der Waals surface area contributed by atoms with E-state index in [-0.39, 0.29) is 34.0 Å². The quantitative estimate of drug-likeness (QED) is 0.385. The number of alkyl halides is 3. The first-order chi connectivity index (χ1) is 15.3. The Hall–Kier alpha value is -3.16. The Labute approximate surface area is 187 Å². The van der Waals surface area contributed by atoms with E-state index in [9.17, 15) is 27.2 Å². The van der Waals surface area contributed by atoms with E-state index in [0.717, 1.165) is 12.8 Å². The number of pyridine rings is 2. The van der Waals surface area contributed by atoms with Crippen molar-refractivity contribution in [3.8, 4) is 0 Å². The summed E-state index contributed by atoms with van der Waals surface area (Å²) in [6, 6.07) is 4.56. The third-order valence-corrected chi connectivity index (χ3v) is 6.69. The summed E-state index contributed by atoms with van der Waals surface area (Å²) in [5.41, 5.74) is -1.08. The highest BCUT2D eigenvalue weighted by Crippen LogP contribution is 2.42. The number of benzene rings is 1. The number of aromatic nitrogens is 2. The van der Waals surface area contributed by atoms with E-state index >= 15 is 0 Å². The van der Waals surface area contributed by atoms with Crippen LogP contribution in [0.25, 0.3) is 10.8 Å². The van der Waals surface area contributed by atoms with Gasteiger partial charge in [-0.3, -0.25) is 9.59 Å². The SMILES string of the molecule is C=C(Cc1cn(C)c(=O)c2cc(=O)n(C3(C)CC3)cc12)[C@H](C)c1cccc(C(F)(F)F)c1F. The molecule has 33 heavy (non-hydrogen) atoms. The average molecular weight is 460 g/mol. The first-order valence-corrected chi connectivity index (χ1v) is 10.6. The smallest absolute Gasteiger partial charge is 0.318 e. The Morgan fingerprint density at radius 3 is 2.45 bits per heavy atom. The van der Waals surface area contributed by atoms with Crippen molar-refractivity contribution in [3.63, 3.8) is 0 Å². The minimum Gasteiger partial charge on any atom is -0.318 e. The van der Waals surface area contributed by atoms with E-state index in [1.165, 1.54) is 22.8 Å². The summed E-state index contributed by atoms with van der Waals surface area (Å²) in [5.74, 6) is -2.01. The van der Waals surface area contributed by atoms with Crippen LogP contribution in [0.2, 0.25) is 0 Å². The van der Waals surface area contributed by atoms with Crippen molar-refractivity contribution in [1.29, 1.82) is 0 Å². The predicted octanol–water partition coefficient (Wildman–Crippen LogP) is 5.27. The van der Waals surface area contributed by atoms with Gasteiger partial charge in [-0.1, -0.05) is 31.2 Å². The molecule has 4 nitrogen and oxygen atoms in total. The van der Waals surface area contributed by atoms with Crippen molar-refractivity contribution in [2.24, 2.45) is 7.05 Å². The summed E-state index contributed by atoms with van der Waals surface area (Å²) in [6.07, 6.45) is 0.446.